The molecule has 0 bridgehead atoms. The van der Waals surface area contributed by atoms with Crippen LogP contribution in [0.15, 0.2) is 67.0 Å². The minimum absolute atomic E-state index is 0.0638. The Bertz CT molecular complexity index is 1040. The Labute approximate surface area is 174 Å². The van der Waals surface area contributed by atoms with Gasteiger partial charge in [-0.3, -0.25) is 15.1 Å². The van der Waals surface area contributed by atoms with Gasteiger partial charge in [-0.15, -0.1) is 0 Å². The zero-order chi connectivity index (χ0) is 20.4. The van der Waals surface area contributed by atoms with Crippen molar-refractivity contribution >= 4 is 23.0 Å². The Morgan fingerprint density at radius 1 is 1.21 bits per heavy atom. The molecule has 0 aliphatic carbocycles. The van der Waals surface area contributed by atoms with Crippen LogP contribution in [0.3, 0.4) is 0 Å². The lowest BCUT2D eigenvalue weighted by Gasteiger charge is -2.28. The van der Waals surface area contributed by atoms with Crippen LogP contribution in [0.5, 0.6) is 0 Å². The first-order chi connectivity index (χ1) is 14.1. The molecule has 3 aromatic rings. The van der Waals surface area contributed by atoms with Crippen molar-refractivity contribution in [3.05, 3.63) is 88.5 Å². The molecule has 2 aromatic heterocycles. The smallest absolute Gasteiger partial charge is 0.271 e. The first-order valence-electron chi connectivity index (χ1n) is 9.50. The van der Waals surface area contributed by atoms with Gasteiger partial charge < -0.3 is 14.8 Å². The maximum Gasteiger partial charge on any atom is 0.271 e. The number of benzene rings is 1. The fourth-order valence-corrected chi connectivity index (χ4v) is 4.17. The third-order valence-electron chi connectivity index (χ3n) is 5.06. The van der Waals surface area contributed by atoms with Gasteiger partial charge in [0.2, 0.25) is 0 Å². The molecule has 1 aromatic carbocycles. The van der Waals surface area contributed by atoms with Crippen LogP contribution < -0.4 is 5.32 Å². The zero-order valence-corrected chi connectivity index (χ0v) is 16.7. The monoisotopic (exact) mass is 407 g/mol. The van der Waals surface area contributed by atoms with Gasteiger partial charge in [-0.2, -0.15) is 0 Å². The number of pyridine rings is 1. The van der Waals surface area contributed by atoms with Crippen LogP contribution in [0.1, 0.15) is 36.8 Å². The maximum absolute atomic E-state index is 11.2. The van der Waals surface area contributed by atoms with Crippen LogP contribution in [0.4, 0.5) is 5.69 Å². The van der Waals surface area contributed by atoms with E-state index < -0.39 is 0 Å². The van der Waals surface area contributed by atoms with E-state index in [4.69, 9.17) is 12.2 Å². The molecule has 4 rings (SSSR count). The lowest BCUT2D eigenvalue weighted by atomic mass is 10.0. The Hall–Kier alpha value is -3.26. The molecule has 0 amide bonds. The molecule has 0 saturated carbocycles. The van der Waals surface area contributed by atoms with E-state index in [2.05, 4.69) is 22.1 Å². The zero-order valence-electron chi connectivity index (χ0n) is 15.9. The summed E-state index contributed by atoms with van der Waals surface area (Å²) in [6.45, 7) is 2.92. The molecule has 0 spiro atoms. The molecule has 1 saturated heterocycles. The molecule has 148 valence electrons. The van der Waals surface area contributed by atoms with Crippen LogP contribution in [-0.2, 0) is 0 Å². The number of aromatic nitrogens is 2. The molecule has 3 heterocycles. The van der Waals surface area contributed by atoms with Gasteiger partial charge in [-0.05, 0) is 49.0 Å². The van der Waals surface area contributed by atoms with Crippen LogP contribution in [-0.4, -0.2) is 31.0 Å². The molecule has 0 radical (unpaired) electrons. The van der Waals surface area contributed by atoms with E-state index >= 15 is 0 Å². The highest BCUT2D eigenvalue weighted by atomic mass is 32.1. The Morgan fingerprint density at radius 3 is 2.79 bits per heavy atom. The average molecular weight is 407 g/mol. The number of non-ortho nitro benzene ring substituents is 1. The molecule has 1 aliphatic heterocycles. The van der Waals surface area contributed by atoms with Crippen molar-refractivity contribution in [3.8, 4) is 5.69 Å². The van der Waals surface area contributed by atoms with Gasteiger partial charge in [-0.25, -0.2) is 0 Å². The third-order valence-corrected chi connectivity index (χ3v) is 5.42. The molecule has 1 fully saturated rings. The Morgan fingerprint density at radius 2 is 2.07 bits per heavy atom. The number of hydrogen-bond acceptors (Lipinski definition) is 4. The molecule has 7 nitrogen and oxygen atoms in total. The van der Waals surface area contributed by atoms with Gasteiger partial charge in [0.25, 0.3) is 5.69 Å². The van der Waals surface area contributed by atoms with E-state index in [0.29, 0.717) is 5.11 Å². The van der Waals surface area contributed by atoms with E-state index in [1.165, 1.54) is 6.07 Å². The minimum atomic E-state index is -0.376. The number of nitrogens with zero attached hydrogens (tertiary/aromatic N) is 4. The standard InChI is InChI=1S/C21H21N5O2S/c1-2-12-25-20(19(23-21(25)29)17-9-3-4-11-22-17)18-10-6-13-24(18)15-7-5-8-16(14-15)26(27)28/h3-11,13-14,19-20H,2,12H2,1H3,(H,23,29)/t19-,20-/m0/s1. The average Bonchev–Trinajstić information content (AvgIpc) is 3.34. The summed E-state index contributed by atoms with van der Waals surface area (Å²) in [6, 6.07) is 16.3. The number of nitrogens with one attached hydrogen (secondary N) is 1. The number of rotatable bonds is 6. The van der Waals surface area contributed by atoms with Crippen molar-refractivity contribution in [2.24, 2.45) is 0 Å². The van der Waals surface area contributed by atoms with Crippen molar-refractivity contribution in [1.29, 1.82) is 0 Å². The molecule has 1 N–H and O–H groups in total. The summed E-state index contributed by atoms with van der Waals surface area (Å²) >= 11 is 5.64. The molecule has 1 aliphatic rings. The van der Waals surface area contributed by atoms with Crippen molar-refractivity contribution in [2.75, 3.05) is 6.54 Å². The van der Waals surface area contributed by atoms with Crippen molar-refractivity contribution < 1.29 is 4.92 Å². The third kappa shape index (κ3) is 3.58. The van der Waals surface area contributed by atoms with Crippen molar-refractivity contribution in [1.82, 2.24) is 19.8 Å². The fraction of sp³-hybridized carbons (Fsp3) is 0.238. The molecular formula is C21H21N5O2S. The molecular weight excluding hydrogens is 386 g/mol. The predicted molar refractivity (Wildman–Crippen MR) is 115 cm³/mol. The highest BCUT2D eigenvalue weighted by molar-refractivity contribution is 7.80. The van der Waals surface area contributed by atoms with Crippen molar-refractivity contribution in [3.63, 3.8) is 0 Å². The lowest BCUT2D eigenvalue weighted by molar-refractivity contribution is -0.384. The minimum Gasteiger partial charge on any atom is -0.352 e. The summed E-state index contributed by atoms with van der Waals surface area (Å²) < 4.78 is 1.99. The quantitative estimate of drug-likeness (QED) is 0.376. The fourth-order valence-electron chi connectivity index (χ4n) is 3.84. The van der Waals surface area contributed by atoms with Crippen LogP contribution in [0.25, 0.3) is 5.69 Å². The van der Waals surface area contributed by atoms with E-state index in [1.54, 1.807) is 18.3 Å². The summed E-state index contributed by atoms with van der Waals surface area (Å²) in [6.07, 6.45) is 4.65. The topological polar surface area (TPSA) is 76.2 Å². The number of nitro groups is 1. The second kappa shape index (κ2) is 8.00. The number of hydrogen-bond donors (Lipinski definition) is 1. The Kier molecular flexibility index (Phi) is 5.26. The predicted octanol–water partition coefficient (Wildman–Crippen LogP) is 4.16. The number of nitro benzene ring substituents is 1. The van der Waals surface area contributed by atoms with E-state index in [-0.39, 0.29) is 22.7 Å². The maximum atomic E-state index is 11.2. The van der Waals surface area contributed by atoms with Gasteiger partial charge in [-0.1, -0.05) is 19.1 Å². The van der Waals surface area contributed by atoms with Gasteiger partial charge in [0, 0.05) is 36.8 Å². The SMILES string of the molecule is CCCN1C(=S)N[C@@H](c2ccccn2)[C@@H]1c1cccn1-c1cccc([N+](=O)[O-])c1. The largest absolute Gasteiger partial charge is 0.352 e. The second-order valence-electron chi connectivity index (χ2n) is 6.90. The van der Waals surface area contributed by atoms with Gasteiger partial charge in [0.05, 0.1) is 28.4 Å². The summed E-state index contributed by atoms with van der Waals surface area (Å²) in [5.41, 5.74) is 2.72. The van der Waals surface area contributed by atoms with E-state index in [1.807, 2.05) is 47.2 Å². The normalized spacial score (nSPS) is 18.7. The van der Waals surface area contributed by atoms with Crippen LogP contribution in [0.2, 0.25) is 0 Å². The molecule has 29 heavy (non-hydrogen) atoms. The molecule has 0 unspecified atom stereocenters. The van der Waals surface area contributed by atoms with Crippen molar-refractivity contribution in [2.45, 2.75) is 25.4 Å². The lowest BCUT2D eigenvalue weighted by Crippen LogP contribution is -2.31. The van der Waals surface area contributed by atoms with E-state index in [9.17, 15) is 10.1 Å². The van der Waals surface area contributed by atoms with Gasteiger partial charge in [0.1, 0.15) is 0 Å². The summed E-state index contributed by atoms with van der Waals surface area (Å²) in [5, 5.41) is 15.4. The van der Waals surface area contributed by atoms with Crippen LogP contribution in [0, 0.1) is 10.1 Å². The van der Waals surface area contributed by atoms with Gasteiger partial charge >= 0.3 is 0 Å². The summed E-state index contributed by atoms with van der Waals surface area (Å²) in [5.74, 6) is 0. The Balaban J connectivity index is 1.81. The number of thiocarbonyl (C=S) groups is 1. The first-order valence-corrected chi connectivity index (χ1v) is 9.91. The highest BCUT2D eigenvalue weighted by Gasteiger charge is 2.40. The van der Waals surface area contributed by atoms with Crippen LogP contribution >= 0.6 is 12.2 Å². The summed E-state index contributed by atoms with van der Waals surface area (Å²) in [4.78, 5) is 17.6. The van der Waals surface area contributed by atoms with E-state index in [0.717, 1.165) is 30.0 Å². The van der Waals surface area contributed by atoms with Gasteiger partial charge in [0.15, 0.2) is 5.11 Å². The second-order valence-corrected chi connectivity index (χ2v) is 7.29. The highest BCUT2D eigenvalue weighted by Crippen LogP contribution is 2.39. The molecule has 2 atom stereocenters. The first kappa shape index (κ1) is 19.1. The summed E-state index contributed by atoms with van der Waals surface area (Å²) in [7, 11) is 0. The molecule has 8 heteroatoms.